The molecule has 1 rings (SSSR count). The van der Waals surface area contributed by atoms with E-state index in [0.717, 1.165) is 13.6 Å². The molecule has 82 valence electrons. The van der Waals surface area contributed by atoms with Crippen molar-refractivity contribution in [1.29, 1.82) is 0 Å². The lowest BCUT2D eigenvalue weighted by molar-refractivity contribution is -0.119. The smallest absolute Gasteiger partial charge is 0.251 e. The van der Waals surface area contributed by atoms with Gasteiger partial charge in [-0.2, -0.15) is 0 Å². The highest BCUT2D eigenvalue weighted by molar-refractivity contribution is 14.1. The highest BCUT2D eigenvalue weighted by Gasteiger charge is 2.10. The number of anilines is 1. The molecule has 0 aliphatic heterocycles. The van der Waals surface area contributed by atoms with Crippen LogP contribution in [0.1, 0.15) is 5.56 Å². The first-order valence-electron chi connectivity index (χ1n) is 4.15. The van der Waals surface area contributed by atoms with Crippen molar-refractivity contribution in [2.24, 2.45) is 0 Å². The number of methoxy groups -OCH3 is 1. The maximum atomic E-state index is 11.3. The van der Waals surface area contributed by atoms with Gasteiger partial charge in [-0.25, -0.2) is 4.98 Å². The number of hydrogen-bond donors (Lipinski definition) is 1. The van der Waals surface area contributed by atoms with E-state index < -0.39 is 0 Å². The molecular formula is C9H10BrIN2O2. The average molecular weight is 385 g/mol. The molecule has 0 saturated carbocycles. The molecule has 1 aromatic rings. The summed E-state index contributed by atoms with van der Waals surface area (Å²) in [5, 5.41) is 2.68. The number of hydrogen-bond acceptors (Lipinski definition) is 3. The summed E-state index contributed by atoms with van der Waals surface area (Å²) in [4.78, 5) is 15.4. The van der Waals surface area contributed by atoms with E-state index in [0.29, 0.717) is 5.82 Å². The van der Waals surface area contributed by atoms with Gasteiger partial charge in [0, 0.05) is 17.8 Å². The quantitative estimate of drug-likeness (QED) is 0.814. The third-order valence-electron chi connectivity index (χ3n) is 1.74. The van der Waals surface area contributed by atoms with Gasteiger partial charge in [0.2, 0.25) is 0 Å². The lowest BCUT2D eigenvalue weighted by Crippen LogP contribution is -2.19. The van der Waals surface area contributed by atoms with Crippen LogP contribution in [0.3, 0.4) is 0 Å². The van der Waals surface area contributed by atoms with E-state index in [1.54, 1.807) is 6.20 Å². The molecule has 15 heavy (non-hydrogen) atoms. The summed E-state index contributed by atoms with van der Waals surface area (Å²) in [5.74, 6) is 0.364. The van der Waals surface area contributed by atoms with E-state index in [2.05, 4.69) is 48.8 Å². The van der Waals surface area contributed by atoms with Gasteiger partial charge in [-0.05, 0) is 51.0 Å². The van der Waals surface area contributed by atoms with Crippen LogP contribution in [0.25, 0.3) is 0 Å². The van der Waals surface area contributed by atoms with Gasteiger partial charge in [0.25, 0.3) is 5.91 Å². The third kappa shape index (κ3) is 3.39. The zero-order valence-electron chi connectivity index (χ0n) is 8.30. The molecular weight excluding hydrogens is 375 g/mol. The number of pyridine rings is 1. The van der Waals surface area contributed by atoms with E-state index in [9.17, 15) is 4.79 Å². The normalized spacial score (nSPS) is 10.1. The Kier molecular flexibility index (Phi) is 4.94. The van der Waals surface area contributed by atoms with Crippen molar-refractivity contribution in [1.82, 2.24) is 4.98 Å². The monoisotopic (exact) mass is 384 g/mol. The number of carbonyl (C=O) groups excluding carboxylic acids is 1. The Morgan fingerprint density at radius 3 is 3.00 bits per heavy atom. The van der Waals surface area contributed by atoms with E-state index >= 15 is 0 Å². The van der Waals surface area contributed by atoms with Gasteiger partial charge in [0.15, 0.2) is 0 Å². The minimum absolute atomic E-state index is 0.0346. The number of amides is 1. The fraction of sp³-hybridized carbons (Fsp3) is 0.333. The van der Waals surface area contributed by atoms with E-state index in [1.165, 1.54) is 7.11 Å². The van der Waals surface area contributed by atoms with Gasteiger partial charge in [-0.15, -0.1) is 0 Å². The van der Waals surface area contributed by atoms with Crippen molar-refractivity contribution in [3.63, 3.8) is 0 Å². The van der Waals surface area contributed by atoms with Crippen LogP contribution in [-0.4, -0.2) is 24.6 Å². The first-order chi connectivity index (χ1) is 7.06. The van der Waals surface area contributed by atoms with E-state index in [1.807, 2.05) is 6.92 Å². The summed E-state index contributed by atoms with van der Waals surface area (Å²) in [6.45, 7) is 1.99. The third-order valence-corrected chi connectivity index (χ3v) is 3.86. The molecule has 4 nitrogen and oxygen atoms in total. The molecule has 1 aromatic heterocycles. The summed E-state index contributed by atoms with van der Waals surface area (Å²) in [7, 11) is 1.48. The average Bonchev–Trinajstić information content (AvgIpc) is 2.20. The molecule has 0 unspecified atom stereocenters. The summed E-state index contributed by atoms with van der Waals surface area (Å²) in [6.07, 6.45) is 1.67. The van der Waals surface area contributed by atoms with Gasteiger partial charge < -0.3 is 10.1 Å². The van der Waals surface area contributed by atoms with Crippen LogP contribution in [-0.2, 0) is 9.53 Å². The van der Waals surface area contributed by atoms with Crippen LogP contribution in [0.4, 0.5) is 5.82 Å². The molecule has 0 spiro atoms. The number of nitrogens with one attached hydrogen (secondary N) is 1. The lowest BCUT2D eigenvalue weighted by atomic mass is 10.3. The number of aromatic nitrogens is 1. The van der Waals surface area contributed by atoms with E-state index in [4.69, 9.17) is 4.74 Å². The molecule has 0 bridgehead atoms. The van der Waals surface area contributed by atoms with Crippen LogP contribution in [0.5, 0.6) is 0 Å². The standard InChI is InChI=1S/C9H10BrIN2O2/c1-5-6(10)3-12-9(8(5)11)13-7(14)4-15-2/h3H,4H2,1-2H3,(H,12,13,14). The Labute approximate surface area is 110 Å². The van der Waals surface area contributed by atoms with Crippen molar-refractivity contribution in [2.75, 3.05) is 19.0 Å². The predicted molar refractivity (Wildman–Crippen MR) is 69.9 cm³/mol. The first kappa shape index (κ1) is 12.9. The van der Waals surface area contributed by atoms with Crippen molar-refractivity contribution in [3.8, 4) is 0 Å². The number of nitrogens with zero attached hydrogens (tertiary/aromatic N) is 1. The molecule has 0 aliphatic rings. The van der Waals surface area contributed by atoms with Crippen molar-refractivity contribution >= 4 is 50.2 Å². The van der Waals surface area contributed by atoms with Gasteiger partial charge in [-0.1, -0.05) is 0 Å². The Morgan fingerprint density at radius 2 is 2.40 bits per heavy atom. The highest BCUT2D eigenvalue weighted by atomic mass is 127. The minimum atomic E-state index is -0.204. The van der Waals surface area contributed by atoms with Crippen LogP contribution >= 0.6 is 38.5 Å². The predicted octanol–water partition coefficient (Wildman–Crippen LogP) is 2.34. The van der Waals surface area contributed by atoms with Gasteiger partial charge in [0.1, 0.15) is 12.4 Å². The maximum Gasteiger partial charge on any atom is 0.251 e. The van der Waals surface area contributed by atoms with Crippen molar-refractivity contribution < 1.29 is 9.53 Å². The Balaban J connectivity index is 2.87. The summed E-state index contributed by atoms with van der Waals surface area (Å²) >= 11 is 5.52. The molecule has 1 N–H and O–H groups in total. The fourth-order valence-electron chi connectivity index (χ4n) is 0.944. The number of ether oxygens (including phenoxy) is 1. The molecule has 0 atom stereocenters. The highest BCUT2D eigenvalue weighted by Crippen LogP contribution is 2.25. The van der Waals surface area contributed by atoms with Crippen molar-refractivity contribution in [3.05, 3.63) is 19.8 Å². The Hall–Kier alpha value is -0.210. The molecule has 0 fully saturated rings. The number of halogens is 2. The van der Waals surface area contributed by atoms with Gasteiger partial charge >= 0.3 is 0 Å². The topological polar surface area (TPSA) is 51.2 Å². The molecule has 0 aliphatic carbocycles. The molecule has 0 aromatic carbocycles. The van der Waals surface area contributed by atoms with Crippen LogP contribution in [0.15, 0.2) is 10.7 Å². The molecule has 6 heteroatoms. The molecule has 1 amide bonds. The molecule has 1 heterocycles. The lowest BCUT2D eigenvalue weighted by Gasteiger charge is -2.08. The Morgan fingerprint density at radius 1 is 1.73 bits per heavy atom. The summed E-state index contributed by atoms with van der Waals surface area (Å²) in [6, 6.07) is 0. The van der Waals surface area contributed by atoms with Gasteiger partial charge in [0.05, 0.1) is 3.57 Å². The molecule has 0 radical (unpaired) electrons. The second kappa shape index (κ2) is 5.76. The second-order valence-electron chi connectivity index (χ2n) is 2.87. The van der Waals surface area contributed by atoms with Crippen LogP contribution in [0.2, 0.25) is 0 Å². The number of carbonyl (C=O) groups is 1. The molecule has 0 saturated heterocycles. The zero-order valence-corrected chi connectivity index (χ0v) is 12.0. The largest absolute Gasteiger partial charge is 0.375 e. The Bertz CT molecular complexity index is 385. The van der Waals surface area contributed by atoms with Gasteiger partial charge in [-0.3, -0.25) is 4.79 Å². The summed E-state index contributed by atoms with van der Waals surface area (Å²) < 4.78 is 6.57. The SMILES string of the molecule is COCC(=O)Nc1ncc(Br)c(C)c1I. The first-order valence-corrected chi connectivity index (χ1v) is 6.02. The number of rotatable bonds is 3. The maximum absolute atomic E-state index is 11.3. The van der Waals surface area contributed by atoms with Crippen molar-refractivity contribution in [2.45, 2.75) is 6.92 Å². The van der Waals surface area contributed by atoms with Crippen LogP contribution < -0.4 is 5.32 Å². The second-order valence-corrected chi connectivity index (χ2v) is 4.81. The summed E-state index contributed by atoms with van der Waals surface area (Å²) in [5.41, 5.74) is 1.05. The minimum Gasteiger partial charge on any atom is -0.375 e. The van der Waals surface area contributed by atoms with E-state index in [-0.39, 0.29) is 12.5 Å². The van der Waals surface area contributed by atoms with Crippen LogP contribution in [0, 0.1) is 10.5 Å². The zero-order chi connectivity index (χ0) is 11.4. The fourth-order valence-corrected chi connectivity index (χ4v) is 2.18.